The molecule has 0 bridgehead atoms. The molecule has 1 aromatic rings. The quantitative estimate of drug-likeness (QED) is 0.752. The molecule has 1 unspecified atom stereocenters. The van der Waals surface area contributed by atoms with Crippen molar-refractivity contribution in [2.24, 2.45) is 5.73 Å². The largest absolute Gasteiger partial charge is 0.339 e. The molecule has 1 heterocycles. The van der Waals surface area contributed by atoms with E-state index in [9.17, 15) is 0 Å². The molecule has 1 atom stereocenters. The Morgan fingerprint density at radius 2 is 1.83 bits per heavy atom. The molecule has 104 valence electrons. The molecule has 4 nitrogen and oxygen atoms in total. The first-order valence-electron chi connectivity index (χ1n) is 7.04. The Hall–Kier alpha value is -0.900. The number of rotatable bonds is 7. The third-order valence-electron chi connectivity index (χ3n) is 3.03. The first-order valence-corrected chi connectivity index (χ1v) is 7.04. The molecule has 0 fully saturated rings. The molecule has 0 radical (unpaired) electrons. The van der Waals surface area contributed by atoms with E-state index in [0.717, 1.165) is 12.8 Å². The van der Waals surface area contributed by atoms with Crippen LogP contribution in [0.15, 0.2) is 4.52 Å². The van der Waals surface area contributed by atoms with Crippen molar-refractivity contribution in [3.63, 3.8) is 0 Å². The molecule has 2 N–H and O–H groups in total. The van der Waals surface area contributed by atoms with Crippen molar-refractivity contribution >= 4 is 0 Å². The summed E-state index contributed by atoms with van der Waals surface area (Å²) >= 11 is 0. The van der Waals surface area contributed by atoms with Crippen LogP contribution >= 0.6 is 0 Å². The average Bonchev–Trinajstić information content (AvgIpc) is 2.77. The minimum absolute atomic E-state index is 0.0912. The second-order valence-corrected chi connectivity index (χ2v) is 6.02. The van der Waals surface area contributed by atoms with Gasteiger partial charge in [-0.3, -0.25) is 0 Å². The van der Waals surface area contributed by atoms with Gasteiger partial charge in [0.05, 0.1) is 6.04 Å². The van der Waals surface area contributed by atoms with E-state index in [-0.39, 0.29) is 11.5 Å². The summed E-state index contributed by atoms with van der Waals surface area (Å²) in [5.41, 5.74) is 5.98. The lowest BCUT2D eigenvalue weighted by Gasteiger charge is -2.11. The SMILES string of the molecule is CCCCCCCC(N)c1noc(C(C)(C)C)n1. The van der Waals surface area contributed by atoms with Gasteiger partial charge >= 0.3 is 0 Å². The minimum Gasteiger partial charge on any atom is -0.339 e. The summed E-state index contributed by atoms with van der Waals surface area (Å²) in [6.07, 6.45) is 7.19. The van der Waals surface area contributed by atoms with Crippen LogP contribution in [-0.4, -0.2) is 10.1 Å². The fraction of sp³-hybridized carbons (Fsp3) is 0.857. The number of nitrogens with zero attached hydrogens (tertiary/aromatic N) is 2. The van der Waals surface area contributed by atoms with E-state index < -0.39 is 0 Å². The Bertz CT molecular complexity index is 341. The van der Waals surface area contributed by atoms with Crippen LogP contribution in [0.3, 0.4) is 0 Å². The van der Waals surface area contributed by atoms with Crippen LogP contribution < -0.4 is 5.73 Å². The first-order chi connectivity index (χ1) is 8.45. The van der Waals surface area contributed by atoms with E-state index in [1.54, 1.807) is 0 Å². The molecule has 1 rings (SSSR count). The molecule has 0 aliphatic carbocycles. The van der Waals surface area contributed by atoms with Gasteiger partial charge in [0.15, 0.2) is 5.82 Å². The summed E-state index contributed by atoms with van der Waals surface area (Å²) < 4.78 is 5.25. The van der Waals surface area contributed by atoms with E-state index in [2.05, 4.69) is 37.8 Å². The second kappa shape index (κ2) is 6.88. The van der Waals surface area contributed by atoms with Gasteiger partial charge in [-0.15, -0.1) is 0 Å². The molecule has 1 aromatic heterocycles. The monoisotopic (exact) mass is 253 g/mol. The summed E-state index contributed by atoms with van der Waals surface area (Å²) in [5, 5.41) is 3.99. The van der Waals surface area contributed by atoms with Gasteiger partial charge in [0, 0.05) is 5.41 Å². The highest BCUT2D eigenvalue weighted by molar-refractivity contribution is 5.00. The van der Waals surface area contributed by atoms with Crippen LogP contribution in [0.25, 0.3) is 0 Å². The van der Waals surface area contributed by atoms with Crippen molar-refractivity contribution in [2.45, 2.75) is 77.7 Å². The molecule has 0 amide bonds. The summed E-state index contributed by atoms with van der Waals surface area (Å²) in [6, 6.07) is -0.0912. The molecule has 18 heavy (non-hydrogen) atoms. The zero-order chi connectivity index (χ0) is 13.6. The molecule has 0 aromatic carbocycles. The van der Waals surface area contributed by atoms with E-state index >= 15 is 0 Å². The predicted octanol–water partition coefficient (Wildman–Crippen LogP) is 3.73. The maximum Gasteiger partial charge on any atom is 0.232 e. The standard InChI is InChI=1S/C14H27N3O/c1-5-6-7-8-9-10-11(15)12-16-13(18-17-12)14(2,3)4/h11H,5-10,15H2,1-4H3. The van der Waals surface area contributed by atoms with Gasteiger partial charge in [0.1, 0.15) is 0 Å². The van der Waals surface area contributed by atoms with E-state index in [4.69, 9.17) is 10.3 Å². The first kappa shape index (κ1) is 15.2. The van der Waals surface area contributed by atoms with Crippen LogP contribution in [0.4, 0.5) is 0 Å². The van der Waals surface area contributed by atoms with E-state index in [1.807, 2.05) is 0 Å². The maximum absolute atomic E-state index is 6.08. The number of unbranched alkanes of at least 4 members (excludes halogenated alkanes) is 4. The molecule has 0 aliphatic rings. The van der Waals surface area contributed by atoms with Crippen molar-refractivity contribution < 1.29 is 4.52 Å². The number of hydrogen-bond donors (Lipinski definition) is 1. The Labute approximate surface area is 110 Å². The highest BCUT2D eigenvalue weighted by atomic mass is 16.5. The lowest BCUT2D eigenvalue weighted by molar-refractivity contribution is 0.316. The van der Waals surface area contributed by atoms with Crippen LogP contribution in [-0.2, 0) is 5.41 Å². The third kappa shape index (κ3) is 4.77. The van der Waals surface area contributed by atoms with Crippen molar-refractivity contribution in [1.82, 2.24) is 10.1 Å². The lowest BCUT2D eigenvalue weighted by Crippen LogP contribution is -2.14. The normalized spacial score (nSPS) is 13.8. The van der Waals surface area contributed by atoms with Gasteiger partial charge in [-0.2, -0.15) is 4.98 Å². The molecular formula is C14H27N3O. The van der Waals surface area contributed by atoms with Crippen LogP contribution in [0, 0.1) is 0 Å². The van der Waals surface area contributed by atoms with Gasteiger partial charge in [-0.05, 0) is 6.42 Å². The third-order valence-corrected chi connectivity index (χ3v) is 3.03. The van der Waals surface area contributed by atoms with Crippen molar-refractivity contribution in [1.29, 1.82) is 0 Å². The summed E-state index contributed by atoms with van der Waals surface area (Å²) in [7, 11) is 0. The van der Waals surface area contributed by atoms with Gasteiger partial charge in [-0.1, -0.05) is 65.0 Å². The summed E-state index contributed by atoms with van der Waals surface area (Å²) in [5.74, 6) is 1.31. The molecule has 0 saturated heterocycles. The molecule has 4 heteroatoms. The lowest BCUT2D eigenvalue weighted by atomic mass is 9.97. The number of hydrogen-bond acceptors (Lipinski definition) is 4. The van der Waals surface area contributed by atoms with E-state index in [0.29, 0.717) is 11.7 Å². The Morgan fingerprint density at radius 1 is 1.17 bits per heavy atom. The Balaban J connectivity index is 2.37. The molecule has 0 aliphatic heterocycles. The minimum atomic E-state index is -0.105. The smallest absolute Gasteiger partial charge is 0.232 e. The zero-order valence-electron chi connectivity index (χ0n) is 12.2. The highest BCUT2D eigenvalue weighted by Gasteiger charge is 2.23. The Morgan fingerprint density at radius 3 is 2.39 bits per heavy atom. The Kier molecular flexibility index (Phi) is 5.79. The highest BCUT2D eigenvalue weighted by Crippen LogP contribution is 2.22. The molecular weight excluding hydrogens is 226 g/mol. The van der Waals surface area contributed by atoms with Gasteiger partial charge < -0.3 is 10.3 Å². The zero-order valence-corrected chi connectivity index (χ0v) is 12.2. The van der Waals surface area contributed by atoms with E-state index in [1.165, 1.54) is 25.7 Å². The predicted molar refractivity (Wildman–Crippen MR) is 73.3 cm³/mol. The molecule has 0 spiro atoms. The number of aromatic nitrogens is 2. The second-order valence-electron chi connectivity index (χ2n) is 6.02. The van der Waals surface area contributed by atoms with Gasteiger partial charge in [-0.25, -0.2) is 0 Å². The van der Waals surface area contributed by atoms with Crippen molar-refractivity contribution in [3.8, 4) is 0 Å². The van der Waals surface area contributed by atoms with Gasteiger partial charge in [0.2, 0.25) is 5.89 Å². The average molecular weight is 253 g/mol. The van der Waals surface area contributed by atoms with Crippen molar-refractivity contribution in [2.75, 3.05) is 0 Å². The maximum atomic E-state index is 6.08. The van der Waals surface area contributed by atoms with Crippen LogP contribution in [0.2, 0.25) is 0 Å². The van der Waals surface area contributed by atoms with Crippen LogP contribution in [0.1, 0.15) is 84.0 Å². The summed E-state index contributed by atoms with van der Waals surface area (Å²) in [6.45, 7) is 8.39. The molecule has 0 saturated carbocycles. The summed E-state index contributed by atoms with van der Waals surface area (Å²) in [4.78, 5) is 4.39. The van der Waals surface area contributed by atoms with Crippen LogP contribution in [0.5, 0.6) is 0 Å². The fourth-order valence-electron chi connectivity index (χ4n) is 1.79. The topological polar surface area (TPSA) is 64.9 Å². The fourth-order valence-corrected chi connectivity index (χ4v) is 1.79. The van der Waals surface area contributed by atoms with Gasteiger partial charge in [0.25, 0.3) is 0 Å². The van der Waals surface area contributed by atoms with Crippen molar-refractivity contribution in [3.05, 3.63) is 11.7 Å². The number of nitrogens with two attached hydrogens (primary N) is 1.